The second kappa shape index (κ2) is 4.02. The fraction of sp³-hybridized carbons (Fsp3) is 0.556. The summed E-state index contributed by atoms with van der Waals surface area (Å²) in [4.78, 5) is 13.1. The van der Waals surface area contributed by atoms with Gasteiger partial charge in [0.2, 0.25) is 5.91 Å². The van der Waals surface area contributed by atoms with Crippen LogP contribution in [0.25, 0.3) is 0 Å². The van der Waals surface area contributed by atoms with Gasteiger partial charge in [0.05, 0.1) is 6.42 Å². The first-order valence-corrected chi connectivity index (χ1v) is 3.87. The molecule has 59 valence electrons. The lowest BCUT2D eigenvalue weighted by atomic mass is 10.4. The van der Waals surface area contributed by atoms with Gasteiger partial charge in [0, 0.05) is 20.0 Å². The molecule has 1 saturated heterocycles. The zero-order valence-electron chi connectivity index (χ0n) is 6.60. The van der Waals surface area contributed by atoms with Crippen LogP contribution < -0.4 is 0 Å². The van der Waals surface area contributed by atoms with Gasteiger partial charge in [0.1, 0.15) is 0 Å². The van der Waals surface area contributed by atoms with Crippen molar-refractivity contribution in [2.75, 3.05) is 13.1 Å². The van der Waals surface area contributed by atoms with Gasteiger partial charge in [-0.15, -0.1) is 5.92 Å². The average molecular weight is 150 g/mol. The number of rotatable bonds is 1. The van der Waals surface area contributed by atoms with E-state index in [1.807, 2.05) is 4.90 Å². The molecule has 1 radical (unpaired) electrons. The zero-order valence-corrected chi connectivity index (χ0v) is 6.60. The Hall–Kier alpha value is -0.970. The first kappa shape index (κ1) is 8.13. The lowest BCUT2D eigenvalue weighted by Gasteiger charge is -2.12. The van der Waals surface area contributed by atoms with Crippen molar-refractivity contribution in [3.05, 3.63) is 6.92 Å². The summed E-state index contributed by atoms with van der Waals surface area (Å²) in [6.07, 6.45) is 2.62. The molecule has 2 nitrogen and oxygen atoms in total. The van der Waals surface area contributed by atoms with Gasteiger partial charge in [-0.1, -0.05) is 5.92 Å². The van der Waals surface area contributed by atoms with Crippen LogP contribution in [-0.2, 0) is 4.79 Å². The highest BCUT2D eigenvalue weighted by Crippen LogP contribution is 2.08. The van der Waals surface area contributed by atoms with Gasteiger partial charge in [-0.3, -0.25) is 4.79 Å². The Bertz CT molecular complexity index is 193. The average Bonchev–Trinajstić information content (AvgIpc) is 2.52. The van der Waals surface area contributed by atoms with Crippen LogP contribution in [0.15, 0.2) is 0 Å². The quantitative estimate of drug-likeness (QED) is 0.507. The van der Waals surface area contributed by atoms with Crippen LogP contribution in [0.4, 0.5) is 0 Å². The van der Waals surface area contributed by atoms with Crippen LogP contribution in [0.3, 0.4) is 0 Å². The molecule has 0 N–H and O–H groups in total. The summed E-state index contributed by atoms with van der Waals surface area (Å²) >= 11 is 0. The molecule has 11 heavy (non-hydrogen) atoms. The summed E-state index contributed by atoms with van der Waals surface area (Å²) in [6, 6.07) is 0. The van der Waals surface area contributed by atoms with Gasteiger partial charge in [0.25, 0.3) is 0 Å². The zero-order chi connectivity index (χ0) is 8.10. The van der Waals surface area contributed by atoms with E-state index < -0.39 is 0 Å². The predicted octanol–water partition coefficient (Wildman–Crippen LogP) is 0.836. The van der Waals surface area contributed by atoms with Crippen molar-refractivity contribution in [1.82, 2.24) is 4.90 Å². The third-order valence-electron chi connectivity index (χ3n) is 1.82. The van der Waals surface area contributed by atoms with E-state index in [0.29, 0.717) is 6.42 Å². The first-order chi connectivity index (χ1) is 5.34. The van der Waals surface area contributed by atoms with Crippen LogP contribution in [0, 0.1) is 18.8 Å². The molecule has 1 fully saturated rings. The van der Waals surface area contributed by atoms with Gasteiger partial charge in [-0.05, 0) is 12.8 Å². The molecule has 0 aromatic rings. The number of amides is 1. The van der Waals surface area contributed by atoms with Gasteiger partial charge < -0.3 is 4.90 Å². The van der Waals surface area contributed by atoms with Crippen LogP contribution >= 0.6 is 0 Å². The van der Waals surface area contributed by atoms with E-state index in [1.54, 1.807) is 0 Å². The minimum absolute atomic E-state index is 0.152. The Kier molecular flexibility index (Phi) is 2.97. The maximum atomic E-state index is 11.2. The summed E-state index contributed by atoms with van der Waals surface area (Å²) in [5, 5.41) is 0. The van der Waals surface area contributed by atoms with Crippen molar-refractivity contribution in [2.45, 2.75) is 19.3 Å². The largest absolute Gasteiger partial charge is 0.342 e. The molecule has 0 spiro atoms. The number of nitrogens with zero attached hydrogens (tertiary/aromatic N) is 1. The summed E-state index contributed by atoms with van der Waals surface area (Å²) in [7, 11) is 0. The van der Waals surface area contributed by atoms with E-state index in [2.05, 4.69) is 18.8 Å². The molecule has 0 unspecified atom stereocenters. The lowest BCUT2D eigenvalue weighted by molar-refractivity contribution is -0.129. The molecule has 0 aliphatic carbocycles. The smallest absolute Gasteiger partial charge is 0.234 e. The predicted molar refractivity (Wildman–Crippen MR) is 43.6 cm³/mol. The van der Waals surface area contributed by atoms with Crippen molar-refractivity contribution in [1.29, 1.82) is 0 Å². The number of likely N-dealkylation sites (tertiary alicyclic amines) is 1. The fourth-order valence-electron chi connectivity index (χ4n) is 1.22. The van der Waals surface area contributed by atoms with Crippen molar-refractivity contribution in [3.8, 4) is 11.8 Å². The minimum atomic E-state index is 0.152. The molecule has 0 aromatic carbocycles. The number of hydrogen-bond acceptors (Lipinski definition) is 1. The number of hydrogen-bond donors (Lipinski definition) is 0. The molecular formula is C9H12NO. The Morgan fingerprint density at radius 1 is 1.45 bits per heavy atom. The molecule has 1 rings (SSSR count). The molecule has 1 aliphatic heterocycles. The molecular weight excluding hydrogens is 138 g/mol. The maximum Gasteiger partial charge on any atom is 0.234 e. The lowest BCUT2D eigenvalue weighted by Crippen LogP contribution is -2.26. The highest BCUT2D eigenvalue weighted by molar-refractivity contribution is 5.78. The van der Waals surface area contributed by atoms with Crippen LogP contribution in [0.2, 0.25) is 0 Å². The van der Waals surface area contributed by atoms with E-state index in [-0.39, 0.29) is 5.91 Å². The fourth-order valence-corrected chi connectivity index (χ4v) is 1.22. The first-order valence-electron chi connectivity index (χ1n) is 3.87. The van der Waals surface area contributed by atoms with Crippen molar-refractivity contribution in [3.63, 3.8) is 0 Å². The maximum absolute atomic E-state index is 11.2. The van der Waals surface area contributed by atoms with Crippen molar-refractivity contribution < 1.29 is 4.79 Å². The summed E-state index contributed by atoms with van der Waals surface area (Å²) in [6.45, 7) is 5.18. The highest BCUT2D eigenvalue weighted by atomic mass is 16.2. The Morgan fingerprint density at radius 3 is 2.64 bits per heavy atom. The third kappa shape index (κ3) is 2.27. The molecule has 0 saturated carbocycles. The molecule has 1 amide bonds. The second-order valence-electron chi connectivity index (χ2n) is 2.62. The summed E-state index contributed by atoms with van der Waals surface area (Å²) in [5.74, 6) is 5.30. The molecule has 0 aromatic heterocycles. The van der Waals surface area contributed by atoms with Crippen molar-refractivity contribution in [2.24, 2.45) is 0 Å². The molecule has 0 atom stereocenters. The topological polar surface area (TPSA) is 20.3 Å². The van der Waals surface area contributed by atoms with E-state index in [9.17, 15) is 4.79 Å². The third-order valence-corrected chi connectivity index (χ3v) is 1.82. The van der Waals surface area contributed by atoms with Gasteiger partial charge >= 0.3 is 0 Å². The van der Waals surface area contributed by atoms with E-state index >= 15 is 0 Å². The standard InChI is InChI=1S/C9H12NO/c1-2-3-6-9(11)10-7-4-5-8-10/h1,4-8H2. The van der Waals surface area contributed by atoms with Gasteiger partial charge in [-0.25, -0.2) is 0 Å². The van der Waals surface area contributed by atoms with E-state index in [4.69, 9.17) is 0 Å². The molecule has 2 heteroatoms. The minimum Gasteiger partial charge on any atom is -0.342 e. The number of carbonyl (C=O) groups is 1. The SMILES string of the molecule is [CH2]C#CCC(=O)N1CCCC1. The number of carbonyl (C=O) groups excluding carboxylic acids is 1. The van der Waals surface area contributed by atoms with Gasteiger partial charge in [0.15, 0.2) is 0 Å². The normalized spacial score (nSPS) is 15.9. The monoisotopic (exact) mass is 150 g/mol. The highest BCUT2D eigenvalue weighted by Gasteiger charge is 2.15. The summed E-state index contributed by atoms with van der Waals surface area (Å²) < 4.78 is 0. The Morgan fingerprint density at radius 2 is 2.09 bits per heavy atom. The van der Waals surface area contributed by atoms with Crippen LogP contribution in [-0.4, -0.2) is 23.9 Å². The van der Waals surface area contributed by atoms with Crippen molar-refractivity contribution >= 4 is 5.91 Å². The molecule has 1 heterocycles. The van der Waals surface area contributed by atoms with Crippen LogP contribution in [0.1, 0.15) is 19.3 Å². The van der Waals surface area contributed by atoms with Gasteiger partial charge in [-0.2, -0.15) is 0 Å². The van der Waals surface area contributed by atoms with E-state index in [0.717, 1.165) is 25.9 Å². The van der Waals surface area contributed by atoms with Crippen LogP contribution in [0.5, 0.6) is 0 Å². The molecule has 1 aliphatic rings. The Balaban J connectivity index is 2.32. The molecule has 0 bridgehead atoms. The van der Waals surface area contributed by atoms with E-state index in [1.165, 1.54) is 0 Å². The second-order valence-corrected chi connectivity index (χ2v) is 2.62. The summed E-state index contributed by atoms with van der Waals surface area (Å²) in [5.41, 5.74) is 0. The Labute approximate surface area is 67.6 Å².